The zero-order valence-corrected chi connectivity index (χ0v) is 42.0. The molecule has 0 aromatic rings. The molecule has 2 aliphatic rings. The summed E-state index contributed by atoms with van der Waals surface area (Å²) in [6.07, 6.45) is 36.2. The van der Waals surface area contributed by atoms with Crippen molar-refractivity contribution in [1.82, 2.24) is 5.32 Å². The van der Waals surface area contributed by atoms with Crippen LogP contribution in [0.25, 0.3) is 0 Å². The van der Waals surface area contributed by atoms with Crippen LogP contribution in [0.4, 0.5) is 0 Å². The normalized spacial score (nSPS) is 26.9. The molecule has 2 rings (SSSR count). The van der Waals surface area contributed by atoms with Gasteiger partial charge in [0.25, 0.3) is 0 Å². The Bertz CT molecular complexity index is 1480. The molecule has 0 bridgehead atoms. The molecule has 9 N–H and O–H groups in total. The topological polar surface area (TPSA) is 228 Å². The summed E-state index contributed by atoms with van der Waals surface area (Å²) in [5.41, 5.74) is 0. The summed E-state index contributed by atoms with van der Waals surface area (Å²) in [4.78, 5) is 13.2. The summed E-state index contributed by atoms with van der Waals surface area (Å²) >= 11 is 0. The van der Waals surface area contributed by atoms with E-state index in [1.807, 2.05) is 6.08 Å². The van der Waals surface area contributed by atoms with Gasteiger partial charge < -0.3 is 65.1 Å². The van der Waals surface area contributed by atoms with E-state index >= 15 is 0 Å². The van der Waals surface area contributed by atoms with E-state index in [0.29, 0.717) is 6.42 Å². The van der Waals surface area contributed by atoms with E-state index in [2.05, 4.69) is 92.1 Å². The second-order valence-electron chi connectivity index (χ2n) is 18.3. The Morgan fingerprint density at radius 2 is 1.00 bits per heavy atom. The third-order valence-electron chi connectivity index (χ3n) is 12.3. The SMILES string of the molecule is CC/C=C\C/C=C\C/C=C\C/C=C\C/C=C\C/C=C\CCCCCCC(=O)NC(COC1OC(CO)C(OC2OC(CO)C(O)C(O)C2O)C(O)C1O)C(O)/C=C/CCCCCCCCCCCC. The first-order chi connectivity index (χ1) is 33.6. The predicted molar refractivity (Wildman–Crippen MR) is 272 cm³/mol. The molecule has 2 heterocycles. The fourth-order valence-corrected chi connectivity index (χ4v) is 8.06. The molecule has 2 fully saturated rings. The average molecular weight is 976 g/mol. The van der Waals surface area contributed by atoms with Crippen LogP contribution in [0, 0.1) is 0 Å². The minimum atomic E-state index is -1.79. The Hall–Kier alpha value is -2.83. The first kappa shape index (κ1) is 62.3. The molecular weight excluding hydrogens is 883 g/mol. The Balaban J connectivity index is 1.82. The van der Waals surface area contributed by atoms with Gasteiger partial charge in [0, 0.05) is 6.42 Å². The molecule has 0 aliphatic carbocycles. The lowest BCUT2D eigenvalue weighted by atomic mass is 9.97. The van der Waals surface area contributed by atoms with Gasteiger partial charge in [-0.15, -0.1) is 0 Å². The number of hydrogen-bond acceptors (Lipinski definition) is 13. The average Bonchev–Trinajstić information content (AvgIpc) is 3.35. The molecule has 1 amide bonds. The van der Waals surface area contributed by atoms with Crippen LogP contribution >= 0.6 is 0 Å². The second-order valence-corrected chi connectivity index (χ2v) is 18.3. The highest BCUT2D eigenvalue weighted by Crippen LogP contribution is 2.30. The Kier molecular flexibility index (Phi) is 36.8. The smallest absolute Gasteiger partial charge is 0.220 e. The van der Waals surface area contributed by atoms with E-state index in [0.717, 1.165) is 89.9 Å². The highest BCUT2D eigenvalue weighted by molar-refractivity contribution is 5.76. The quantitative estimate of drug-likeness (QED) is 0.0217. The number of aliphatic hydroxyl groups is 8. The van der Waals surface area contributed by atoms with Gasteiger partial charge in [0.05, 0.1) is 32.0 Å². The first-order valence-electron chi connectivity index (χ1n) is 26.3. The van der Waals surface area contributed by atoms with Gasteiger partial charge in [0.2, 0.25) is 5.91 Å². The van der Waals surface area contributed by atoms with Crippen molar-refractivity contribution in [3.8, 4) is 0 Å². The second kappa shape index (κ2) is 40.7. The molecule has 0 radical (unpaired) electrons. The lowest BCUT2D eigenvalue weighted by molar-refractivity contribution is -0.359. The third-order valence-corrected chi connectivity index (χ3v) is 12.3. The van der Waals surface area contributed by atoms with Crippen molar-refractivity contribution >= 4 is 5.91 Å². The molecule has 0 aromatic heterocycles. The van der Waals surface area contributed by atoms with Crippen LogP contribution in [0.2, 0.25) is 0 Å². The number of aliphatic hydroxyl groups excluding tert-OH is 8. The summed E-state index contributed by atoms with van der Waals surface area (Å²) < 4.78 is 22.7. The maximum absolute atomic E-state index is 13.2. The zero-order chi connectivity index (χ0) is 50.3. The summed E-state index contributed by atoms with van der Waals surface area (Å²) in [6, 6.07) is -0.932. The lowest BCUT2D eigenvalue weighted by Gasteiger charge is -2.46. The van der Waals surface area contributed by atoms with Crippen LogP contribution in [-0.4, -0.2) is 140 Å². The van der Waals surface area contributed by atoms with Crippen LogP contribution in [0.5, 0.6) is 0 Å². The third kappa shape index (κ3) is 27.5. The summed E-state index contributed by atoms with van der Waals surface area (Å²) in [5, 5.41) is 86.7. The molecule has 0 saturated carbocycles. The molecule has 69 heavy (non-hydrogen) atoms. The number of amides is 1. The number of nitrogens with one attached hydrogen (secondary N) is 1. The number of carbonyl (C=O) groups excluding carboxylic acids is 1. The highest BCUT2D eigenvalue weighted by atomic mass is 16.7. The summed E-state index contributed by atoms with van der Waals surface area (Å²) in [7, 11) is 0. The molecule has 14 heteroatoms. The van der Waals surface area contributed by atoms with Crippen molar-refractivity contribution in [3.05, 3.63) is 85.1 Å². The van der Waals surface area contributed by atoms with Gasteiger partial charge in [-0.1, -0.05) is 170 Å². The van der Waals surface area contributed by atoms with Crippen molar-refractivity contribution in [3.63, 3.8) is 0 Å². The molecule has 0 spiro atoms. The van der Waals surface area contributed by atoms with E-state index in [-0.39, 0.29) is 18.9 Å². The fourth-order valence-electron chi connectivity index (χ4n) is 8.06. The van der Waals surface area contributed by atoms with Crippen molar-refractivity contribution in [1.29, 1.82) is 0 Å². The number of unbranched alkanes of at least 4 members (excludes halogenated alkanes) is 14. The monoisotopic (exact) mass is 976 g/mol. The molecule has 12 atom stereocenters. The van der Waals surface area contributed by atoms with E-state index in [4.69, 9.17) is 18.9 Å². The number of rotatable bonds is 39. The van der Waals surface area contributed by atoms with Crippen LogP contribution in [-0.2, 0) is 23.7 Å². The number of allylic oxidation sites excluding steroid dienone is 13. The standard InChI is InChI=1S/C55H93NO13/c1-3-5-7-9-11-13-15-17-18-19-20-21-22-23-24-25-26-27-29-31-33-35-37-39-47(60)56-43(44(59)38-36-34-32-30-28-16-14-12-10-8-6-4-2)42-66-54-52(65)50(63)53(46(41-58)68-54)69-55-51(64)49(62)48(61)45(40-57)67-55/h5,7,11,13,17-18,20-21,23-24,26-27,36,38,43-46,48-55,57-59,61-65H,3-4,6,8-10,12,14-16,19,22,25,28-35,37,39-42H2,1-2H3,(H,56,60)/b7-5-,13-11-,18-17-,21-20-,24-23-,27-26-,38-36+. The maximum Gasteiger partial charge on any atom is 0.220 e. The molecular formula is C55H93NO13. The van der Waals surface area contributed by atoms with Gasteiger partial charge in [-0.3, -0.25) is 4.79 Å². The van der Waals surface area contributed by atoms with Crippen molar-refractivity contribution < 1.29 is 64.6 Å². The Morgan fingerprint density at radius 3 is 1.54 bits per heavy atom. The molecule has 2 aliphatic heterocycles. The van der Waals surface area contributed by atoms with Gasteiger partial charge >= 0.3 is 0 Å². The van der Waals surface area contributed by atoms with Crippen LogP contribution in [0.15, 0.2) is 85.1 Å². The van der Waals surface area contributed by atoms with Gasteiger partial charge in [-0.25, -0.2) is 0 Å². The molecule has 12 unspecified atom stereocenters. The maximum atomic E-state index is 13.2. The van der Waals surface area contributed by atoms with Gasteiger partial charge in [-0.05, 0) is 70.6 Å². The van der Waals surface area contributed by atoms with Crippen molar-refractivity contribution in [2.45, 2.75) is 235 Å². The number of hydrogen-bond donors (Lipinski definition) is 9. The van der Waals surface area contributed by atoms with Crippen molar-refractivity contribution in [2.75, 3.05) is 19.8 Å². The fraction of sp³-hybridized carbons (Fsp3) is 0.727. The lowest BCUT2D eigenvalue weighted by Crippen LogP contribution is -2.65. The molecule has 14 nitrogen and oxygen atoms in total. The molecule has 396 valence electrons. The van der Waals surface area contributed by atoms with Gasteiger partial charge in [0.1, 0.15) is 48.8 Å². The minimum Gasteiger partial charge on any atom is -0.394 e. The number of ether oxygens (including phenoxy) is 4. The van der Waals surface area contributed by atoms with Gasteiger partial charge in [-0.2, -0.15) is 0 Å². The summed E-state index contributed by atoms with van der Waals surface area (Å²) in [6.45, 7) is 2.62. The van der Waals surface area contributed by atoms with E-state index in [9.17, 15) is 45.6 Å². The largest absolute Gasteiger partial charge is 0.394 e. The minimum absolute atomic E-state index is 0.246. The Morgan fingerprint density at radius 1 is 0.536 bits per heavy atom. The van der Waals surface area contributed by atoms with Crippen molar-refractivity contribution in [2.24, 2.45) is 0 Å². The van der Waals surface area contributed by atoms with Crippen LogP contribution in [0.3, 0.4) is 0 Å². The number of carbonyl (C=O) groups is 1. The zero-order valence-electron chi connectivity index (χ0n) is 42.0. The van der Waals surface area contributed by atoms with E-state index < -0.39 is 86.8 Å². The van der Waals surface area contributed by atoms with Crippen LogP contribution < -0.4 is 5.32 Å². The van der Waals surface area contributed by atoms with Gasteiger partial charge in [0.15, 0.2) is 12.6 Å². The first-order valence-corrected chi connectivity index (χ1v) is 26.3. The van der Waals surface area contributed by atoms with Crippen LogP contribution in [0.1, 0.15) is 162 Å². The van der Waals surface area contributed by atoms with E-state index in [1.54, 1.807) is 6.08 Å². The van der Waals surface area contributed by atoms with E-state index in [1.165, 1.54) is 44.9 Å². The molecule has 0 aromatic carbocycles. The Labute approximate surface area is 414 Å². The molecule has 2 saturated heterocycles. The predicted octanol–water partition coefficient (Wildman–Crippen LogP) is 7.38. The summed E-state index contributed by atoms with van der Waals surface area (Å²) in [5.74, 6) is -0.269. The highest BCUT2D eigenvalue weighted by Gasteiger charge is 2.51.